The third-order valence-electron chi connectivity index (χ3n) is 5.28. The van der Waals surface area contributed by atoms with Gasteiger partial charge in [0.1, 0.15) is 24.5 Å². The number of anilines is 1. The number of nitrogens with zero attached hydrogens (tertiary/aromatic N) is 7. The molecule has 1 aliphatic rings. The van der Waals surface area contributed by atoms with Gasteiger partial charge in [0.15, 0.2) is 5.96 Å². The fourth-order valence-electron chi connectivity index (χ4n) is 3.41. The first-order chi connectivity index (χ1) is 15.0. The number of carbonyl (C=O) groups excluding carboxylic acids is 1. The van der Waals surface area contributed by atoms with Crippen LogP contribution in [0, 0.1) is 5.82 Å². The molecule has 1 aliphatic heterocycles. The van der Waals surface area contributed by atoms with E-state index in [0.29, 0.717) is 13.1 Å². The number of aliphatic imine (C=N–C) groups is 1. The van der Waals surface area contributed by atoms with Crippen molar-refractivity contribution in [2.75, 3.05) is 58.3 Å². The lowest BCUT2D eigenvalue weighted by Crippen LogP contribution is -2.53. The van der Waals surface area contributed by atoms with E-state index in [2.05, 4.69) is 30.3 Å². The molecule has 0 bridgehead atoms. The Morgan fingerprint density at radius 3 is 2.50 bits per heavy atom. The Kier molecular flexibility index (Phi) is 10.1. The van der Waals surface area contributed by atoms with Gasteiger partial charge in [-0.1, -0.05) is 6.92 Å². The number of aryl methyl sites for hydroxylation is 1. The van der Waals surface area contributed by atoms with E-state index in [4.69, 9.17) is 0 Å². The summed E-state index contributed by atoms with van der Waals surface area (Å²) in [7, 11) is 3.45. The number of amides is 1. The first-order valence-electron chi connectivity index (χ1n) is 10.6. The molecule has 0 aliphatic carbocycles. The Balaban J connectivity index is 0.00000363. The average Bonchev–Trinajstić information content (AvgIpc) is 3.24. The van der Waals surface area contributed by atoms with Crippen molar-refractivity contribution < 1.29 is 9.18 Å². The summed E-state index contributed by atoms with van der Waals surface area (Å²) >= 11 is 0. The SMILES string of the molecule is CCc1nncn1CCNC(=NCC(=O)N(C)C)N1CCN(c2ccc(F)cc2)CC1.I. The van der Waals surface area contributed by atoms with Gasteiger partial charge in [0, 0.05) is 65.5 Å². The van der Waals surface area contributed by atoms with Crippen molar-refractivity contribution in [1.82, 2.24) is 29.9 Å². The molecule has 0 radical (unpaired) electrons. The van der Waals surface area contributed by atoms with E-state index < -0.39 is 0 Å². The number of hydrogen-bond donors (Lipinski definition) is 1. The Labute approximate surface area is 205 Å². The van der Waals surface area contributed by atoms with Crippen molar-refractivity contribution in [2.45, 2.75) is 19.9 Å². The summed E-state index contributed by atoms with van der Waals surface area (Å²) in [6, 6.07) is 6.58. The van der Waals surface area contributed by atoms with Crippen LogP contribution in [0.25, 0.3) is 0 Å². The molecule has 0 saturated carbocycles. The van der Waals surface area contributed by atoms with Crippen molar-refractivity contribution >= 4 is 41.5 Å². The van der Waals surface area contributed by atoms with Crippen LogP contribution in [0.4, 0.5) is 10.1 Å². The third kappa shape index (κ3) is 7.04. The Hall–Kier alpha value is -2.44. The molecule has 0 atom stereocenters. The summed E-state index contributed by atoms with van der Waals surface area (Å²) < 4.78 is 15.2. The van der Waals surface area contributed by atoms with Crippen LogP contribution in [0.15, 0.2) is 35.6 Å². The van der Waals surface area contributed by atoms with E-state index >= 15 is 0 Å². The lowest BCUT2D eigenvalue weighted by atomic mass is 10.2. The number of guanidine groups is 1. The number of hydrogen-bond acceptors (Lipinski definition) is 5. The topological polar surface area (TPSA) is 81.9 Å². The molecule has 176 valence electrons. The highest BCUT2D eigenvalue weighted by molar-refractivity contribution is 14.0. The molecular formula is C21H32FIN8O. The second kappa shape index (κ2) is 12.6. The molecule has 0 spiro atoms. The maximum Gasteiger partial charge on any atom is 0.243 e. The molecule has 2 aromatic rings. The largest absolute Gasteiger partial charge is 0.368 e. The zero-order chi connectivity index (χ0) is 22.2. The molecule has 0 unspecified atom stereocenters. The van der Waals surface area contributed by atoms with Crippen LogP contribution in [-0.2, 0) is 17.8 Å². The van der Waals surface area contributed by atoms with Gasteiger partial charge in [-0.05, 0) is 24.3 Å². The molecule has 1 saturated heterocycles. The number of piperazine rings is 1. The van der Waals surface area contributed by atoms with Crippen molar-refractivity contribution in [1.29, 1.82) is 0 Å². The van der Waals surface area contributed by atoms with E-state index in [1.165, 1.54) is 17.0 Å². The summed E-state index contributed by atoms with van der Waals surface area (Å²) in [6.07, 6.45) is 2.55. The van der Waals surface area contributed by atoms with Gasteiger partial charge in [0.2, 0.25) is 5.91 Å². The second-order valence-corrected chi connectivity index (χ2v) is 7.60. The summed E-state index contributed by atoms with van der Waals surface area (Å²) in [5.74, 6) is 1.39. The number of likely N-dealkylation sites (N-methyl/N-ethyl adjacent to an activating group) is 1. The molecule has 3 rings (SSSR count). The summed E-state index contributed by atoms with van der Waals surface area (Å²) in [5, 5.41) is 11.5. The Bertz CT molecular complexity index is 878. The maximum atomic E-state index is 13.2. The van der Waals surface area contributed by atoms with E-state index in [1.807, 2.05) is 11.5 Å². The van der Waals surface area contributed by atoms with Crippen molar-refractivity contribution in [2.24, 2.45) is 4.99 Å². The van der Waals surface area contributed by atoms with Crippen LogP contribution in [0.5, 0.6) is 0 Å². The van der Waals surface area contributed by atoms with Crippen LogP contribution < -0.4 is 10.2 Å². The minimum Gasteiger partial charge on any atom is -0.368 e. The molecule has 1 aromatic carbocycles. The molecule has 2 heterocycles. The van der Waals surface area contributed by atoms with Gasteiger partial charge >= 0.3 is 0 Å². The van der Waals surface area contributed by atoms with Gasteiger partial charge in [-0.15, -0.1) is 34.2 Å². The van der Waals surface area contributed by atoms with Crippen LogP contribution in [0.3, 0.4) is 0 Å². The first kappa shape index (κ1) is 25.8. The quantitative estimate of drug-likeness (QED) is 0.315. The fourth-order valence-corrected chi connectivity index (χ4v) is 3.41. The lowest BCUT2D eigenvalue weighted by Gasteiger charge is -2.37. The van der Waals surface area contributed by atoms with Gasteiger partial charge in [-0.3, -0.25) is 4.79 Å². The summed E-state index contributed by atoms with van der Waals surface area (Å²) in [4.78, 5) is 22.6. The van der Waals surface area contributed by atoms with E-state index in [0.717, 1.165) is 50.1 Å². The second-order valence-electron chi connectivity index (χ2n) is 7.60. The minimum absolute atomic E-state index is 0. The Morgan fingerprint density at radius 1 is 1.19 bits per heavy atom. The number of aromatic nitrogens is 3. The standard InChI is InChI=1S/C21H31FN8O.HI/c1-4-19-26-25-16-30(19)10-9-23-21(24-15-20(31)27(2)3)29-13-11-28(12-14-29)18-7-5-17(22)6-8-18;/h5-8,16H,4,9-15H2,1-3H3,(H,23,24);1H. The van der Waals surface area contributed by atoms with Gasteiger partial charge in [0.05, 0.1) is 0 Å². The molecule has 9 nitrogen and oxygen atoms in total. The Morgan fingerprint density at radius 2 is 1.88 bits per heavy atom. The fraction of sp³-hybridized carbons (Fsp3) is 0.524. The monoisotopic (exact) mass is 558 g/mol. The molecule has 1 fully saturated rings. The van der Waals surface area contributed by atoms with Crippen LogP contribution in [0.2, 0.25) is 0 Å². The zero-order valence-electron chi connectivity index (χ0n) is 18.9. The predicted molar refractivity (Wildman–Crippen MR) is 134 cm³/mol. The zero-order valence-corrected chi connectivity index (χ0v) is 21.2. The normalized spacial score (nSPS) is 14.2. The average molecular weight is 558 g/mol. The molecule has 1 aromatic heterocycles. The molecule has 32 heavy (non-hydrogen) atoms. The van der Waals surface area contributed by atoms with E-state index in [-0.39, 0.29) is 42.2 Å². The van der Waals surface area contributed by atoms with Crippen molar-refractivity contribution in [3.05, 3.63) is 42.2 Å². The number of benzene rings is 1. The number of carbonyl (C=O) groups is 1. The molecule has 1 N–H and O–H groups in total. The highest BCUT2D eigenvalue weighted by Gasteiger charge is 2.20. The number of halogens is 2. The number of nitrogens with one attached hydrogen (secondary N) is 1. The van der Waals surface area contributed by atoms with Gasteiger partial charge in [-0.2, -0.15) is 0 Å². The summed E-state index contributed by atoms with van der Waals surface area (Å²) in [5.41, 5.74) is 1.01. The minimum atomic E-state index is -0.231. The van der Waals surface area contributed by atoms with Gasteiger partial charge in [0.25, 0.3) is 0 Å². The first-order valence-corrected chi connectivity index (χ1v) is 10.6. The van der Waals surface area contributed by atoms with Gasteiger partial charge < -0.3 is 24.6 Å². The predicted octanol–water partition coefficient (Wildman–Crippen LogP) is 1.45. The van der Waals surface area contributed by atoms with Crippen molar-refractivity contribution in [3.63, 3.8) is 0 Å². The maximum absolute atomic E-state index is 13.2. The third-order valence-corrected chi connectivity index (χ3v) is 5.28. The lowest BCUT2D eigenvalue weighted by molar-refractivity contribution is -0.127. The highest BCUT2D eigenvalue weighted by atomic mass is 127. The molecule has 11 heteroatoms. The molecule has 1 amide bonds. The van der Waals surface area contributed by atoms with Crippen LogP contribution in [0.1, 0.15) is 12.7 Å². The summed E-state index contributed by atoms with van der Waals surface area (Å²) in [6.45, 7) is 6.61. The number of rotatable bonds is 7. The smallest absolute Gasteiger partial charge is 0.243 e. The van der Waals surface area contributed by atoms with E-state index in [1.54, 1.807) is 32.6 Å². The molecular weight excluding hydrogens is 526 g/mol. The highest BCUT2D eigenvalue weighted by Crippen LogP contribution is 2.17. The van der Waals surface area contributed by atoms with Gasteiger partial charge in [-0.25, -0.2) is 9.38 Å². The van der Waals surface area contributed by atoms with E-state index in [9.17, 15) is 9.18 Å². The van der Waals surface area contributed by atoms with Crippen LogP contribution in [-0.4, -0.2) is 89.8 Å². The van der Waals surface area contributed by atoms with Crippen molar-refractivity contribution in [3.8, 4) is 0 Å². The van der Waals surface area contributed by atoms with Crippen LogP contribution >= 0.6 is 24.0 Å².